The lowest BCUT2D eigenvalue weighted by molar-refractivity contribution is -0.128. The van der Waals surface area contributed by atoms with Crippen molar-refractivity contribution in [3.63, 3.8) is 0 Å². The van der Waals surface area contributed by atoms with E-state index in [0.717, 1.165) is 5.57 Å². The highest BCUT2D eigenvalue weighted by molar-refractivity contribution is 6.14. The minimum atomic E-state index is -0.863. The van der Waals surface area contributed by atoms with Gasteiger partial charge in [-0.05, 0) is 38.2 Å². The van der Waals surface area contributed by atoms with E-state index in [2.05, 4.69) is 0 Å². The summed E-state index contributed by atoms with van der Waals surface area (Å²) < 4.78 is 16.8. The summed E-state index contributed by atoms with van der Waals surface area (Å²) in [6.07, 6.45) is 2.38. The number of ether oxygens (including phenoxy) is 2. The molecule has 0 aromatic carbocycles. The molecule has 1 saturated carbocycles. The SMILES string of the molecule is COC[C@H]1OC(=O)c2coc3c2[C@@]1(C)C1=C(C3=O)[C@@H]2CCC(=O)[C@@]2(C)C[C@H]1CC(C)=O. The number of carbonyl (C=O) groups is 4. The topological polar surface area (TPSA) is 99.9 Å². The molecular formula is C24H26O7. The first-order chi connectivity index (χ1) is 14.6. The first kappa shape index (κ1) is 20.4. The summed E-state index contributed by atoms with van der Waals surface area (Å²) >= 11 is 0. The molecule has 1 aliphatic heterocycles. The van der Waals surface area contributed by atoms with E-state index in [9.17, 15) is 19.2 Å². The van der Waals surface area contributed by atoms with Gasteiger partial charge in [0.25, 0.3) is 0 Å². The normalized spacial score (nSPS) is 36.1. The van der Waals surface area contributed by atoms with Crippen molar-refractivity contribution >= 4 is 23.3 Å². The molecule has 0 N–H and O–H groups in total. The van der Waals surface area contributed by atoms with Crippen LogP contribution in [0, 0.1) is 17.3 Å². The minimum absolute atomic E-state index is 0.00490. The van der Waals surface area contributed by atoms with E-state index in [4.69, 9.17) is 13.9 Å². The first-order valence-corrected chi connectivity index (χ1v) is 10.8. The number of rotatable bonds is 4. The molecule has 0 saturated heterocycles. The fourth-order valence-electron chi connectivity index (χ4n) is 6.76. The van der Waals surface area contributed by atoms with E-state index in [1.165, 1.54) is 20.3 Å². The van der Waals surface area contributed by atoms with E-state index < -0.39 is 22.9 Å². The number of Topliss-reactive ketones (excluding diaryl/α,β-unsaturated/α-hetero) is 3. The molecule has 1 aromatic heterocycles. The van der Waals surface area contributed by atoms with Crippen molar-refractivity contribution < 1.29 is 33.1 Å². The van der Waals surface area contributed by atoms with E-state index >= 15 is 0 Å². The van der Waals surface area contributed by atoms with Gasteiger partial charge in [-0.25, -0.2) is 4.79 Å². The zero-order valence-electron chi connectivity index (χ0n) is 18.2. The second kappa shape index (κ2) is 6.48. The summed E-state index contributed by atoms with van der Waals surface area (Å²) in [7, 11) is 1.53. The molecule has 3 aliphatic carbocycles. The molecule has 7 nitrogen and oxygen atoms in total. The van der Waals surface area contributed by atoms with Crippen molar-refractivity contribution in [2.75, 3.05) is 13.7 Å². The lowest BCUT2D eigenvalue weighted by Gasteiger charge is -2.52. The number of esters is 1. The monoisotopic (exact) mass is 426 g/mol. The molecule has 0 unspecified atom stereocenters. The van der Waals surface area contributed by atoms with Gasteiger partial charge in [0.05, 0.1) is 12.0 Å². The molecule has 0 bridgehead atoms. The molecule has 2 heterocycles. The van der Waals surface area contributed by atoms with E-state index in [0.29, 0.717) is 30.4 Å². The highest BCUT2D eigenvalue weighted by Gasteiger charge is 2.63. The van der Waals surface area contributed by atoms with Crippen LogP contribution in [0.25, 0.3) is 0 Å². The fourth-order valence-corrected chi connectivity index (χ4v) is 6.76. The van der Waals surface area contributed by atoms with Gasteiger partial charge < -0.3 is 18.7 Å². The Hall–Kier alpha value is -2.54. The van der Waals surface area contributed by atoms with Crippen molar-refractivity contribution in [1.29, 1.82) is 0 Å². The molecule has 5 rings (SSSR count). The van der Waals surface area contributed by atoms with E-state index in [1.54, 1.807) is 0 Å². The zero-order chi connectivity index (χ0) is 22.3. The van der Waals surface area contributed by atoms with Crippen LogP contribution in [0.5, 0.6) is 0 Å². The van der Waals surface area contributed by atoms with Crippen LogP contribution in [0.3, 0.4) is 0 Å². The third-order valence-corrected chi connectivity index (χ3v) is 8.07. The Balaban J connectivity index is 1.82. The van der Waals surface area contributed by atoms with Crippen LogP contribution in [0.2, 0.25) is 0 Å². The number of methoxy groups -OCH3 is 1. The largest absolute Gasteiger partial charge is 0.460 e. The van der Waals surface area contributed by atoms with Gasteiger partial charge >= 0.3 is 5.97 Å². The number of allylic oxidation sites excluding steroid dienone is 1. The maximum atomic E-state index is 13.8. The Kier molecular flexibility index (Phi) is 4.26. The van der Waals surface area contributed by atoms with Gasteiger partial charge in [-0.3, -0.25) is 9.59 Å². The highest BCUT2D eigenvalue weighted by atomic mass is 16.6. The number of cyclic esters (lactones) is 1. The lowest BCUT2D eigenvalue weighted by Crippen LogP contribution is -2.55. The van der Waals surface area contributed by atoms with Crippen LogP contribution in [0.4, 0.5) is 0 Å². The molecule has 5 atom stereocenters. The maximum Gasteiger partial charge on any atom is 0.342 e. The quantitative estimate of drug-likeness (QED) is 0.682. The summed E-state index contributed by atoms with van der Waals surface area (Å²) in [6, 6.07) is 0. The molecule has 0 amide bonds. The standard InChI is InChI=1S/C24H26O7/c1-11(25)7-12-8-23(2)14(5-6-15(23)26)17-18(12)24(3)16(10-29-4)31-22(28)13-9-30-21(19(13)24)20(17)27/h9,12,14,16H,5-8,10H2,1-4H3/t12-,14+,16-,23+,24-/m1/s1. The fraction of sp³-hybridized carbons (Fsp3) is 0.583. The minimum Gasteiger partial charge on any atom is -0.460 e. The molecule has 1 fully saturated rings. The summed E-state index contributed by atoms with van der Waals surface area (Å²) in [5, 5.41) is 0. The Morgan fingerprint density at radius 3 is 2.68 bits per heavy atom. The first-order valence-electron chi connectivity index (χ1n) is 10.8. The number of fused-ring (bicyclic) bond motifs is 3. The van der Waals surface area contributed by atoms with Gasteiger partial charge in [-0.1, -0.05) is 6.92 Å². The zero-order valence-corrected chi connectivity index (χ0v) is 18.2. The summed E-state index contributed by atoms with van der Waals surface area (Å²) in [4.78, 5) is 51.6. The van der Waals surface area contributed by atoms with Crippen LogP contribution in [-0.4, -0.2) is 43.1 Å². The molecule has 164 valence electrons. The Labute approximate surface area is 180 Å². The van der Waals surface area contributed by atoms with E-state index in [1.807, 2.05) is 13.8 Å². The average Bonchev–Trinajstić information content (AvgIpc) is 3.27. The lowest BCUT2D eigenvalue weighted by atomic mass is 9.51. The molecule has 7 heteroatoms. The van der Waals surface area contributed by atoms with Gasteiger partial charge in [0, 0.05) is 42.4 Å². The summed E-state index contributed by atoms with van der Waals surface area (Å²) in [5.74, 6) is -1.04. The number of hydrogen-bond acceptors (Lipinski definition) is 7. The second-order valence-electron chi connectivity index (χ2n) is 9.80. The van der Waals surface area contributed by atoms with Crippen LogP contribution in [-0.2, 0) is 24.5 Å². The highest BCUT2D eigenvalue weighted by Crippen LogP contribution is 2.62. The van der Waals surface area contributed by atoms with Crippen LogP contribution >= 0.6 is 0 Å². The smallest absolute Gasteiger partial charge is 0.342 e. The summed E-state index contributed by atoms with van der Waals surface area (Å²) in [6.45, 7) is 5.55. The van der Waals surface area contributed by atoms with Gasteiger partial charge in [-0.15, -0.1) is 0 Å². The second-order valence-corrected chi connectivity index (χ2v) is 9.80. The molecule has 0 spiro atoms. The predicted octanol–water partition coefficient (Wildman–Crippen LogP) is 3.20. The number of furan rings is 1. The maximum absolute atomic E-state index is 13.8. The van der Waals surface area contributed by atoms with Gasteiger partial charge in [0.15, 0.2) is 5.76 Å². The average molecular weight is 426 g/mol. The van der Waals surface area contributed by atoms with Crippen molar-refractivity contribution in [2.45, 2.75) is 58.0 Å². The predicted molar refractivity (Wildman–Crippen MR) is 108 cm³/mol. The van der Waals surface area contributed by atoms with E-state index in [-0.39, 0.29) is 53.5 Å². The molecule has 31 heavy (non-hydrogen) atoms. The Bertz CT molecular complexity index is 1080. The van der Waals surface area contributed by atoms with Crippen LogP contribution in [0.1, 0.15) is 72.9 Å². The third-order valence-electron chi connectivity index (χ3n) is 8.07. The molecular weight excluding hydrogens is 400 g/mol. The molecule has 4 aliphatic rings. The van der Waals surface area contributed by atoms with Gasteiger partial charge in [-0.2, -0.15) is 0 Å². The molecule has 0 radical (unpaired) electrons. The Morgan fingerprint density at radius 1 is 1.26 bits per heavy atom. The number of ketones is 3. The summed E-state index contributed by atoms with van der Waals surface area (Å²) in [5.41, 5.74) is 0.659. The van der Waals surface area contributed by atoms with Crippen molar-refractivity contribution in [2.24, 2.45) is 17.3 Å². The van der Waals surface area contributed by atoms with Crippen molar-refractivity contribution in [1.82, 2.24) is 0 Å². The third kappa shape index (κ3) is 2.44. The van der Waals surface area contributed by atoms with Gasteiger partial charge in [0.1, 0.15) is 29.5 Å². The molecule has 1 aromatic rings. The van der Waals surface area contributed by atoms with Crippen LogP contribution in [0.15, 0.2) is 21.8 Å². The van der Waals surface area contributed by atoms with Crippen molar-refractivity contribution in [3.05, 3.63) is 34.3 Å². The van der Waals surface area contributed by atoms with Crippen LogP contribution < -0.4 is 0 Å². The number of hydrogen-bond donors (Lipinski definition) is 0. The number of carbonyl (C=O) groups excluding carboxylic acids is 4. The van der Waals surface area contributed by atoms with Crippen molar-refractivity contribution in [3.8, 4) is 0 Å². The van der Waals surface area contributed by atoms with Gasteiger partial charge in [0.2, 0.25) is 5.78 Å². The Morgan fingerprint density at radius 2 is 2.00 bits per heavy atom.